The van der Waals surface area contributed by atoms with Gasteiger partial charge >= 0.3 is 0 Å². The van der Waals surface area contributed by atoms with E-state index in [0.29, 0.717) is 5.02 Å². The maximum Gasteiger partial charge on any atom is 0.0745 e. The highest BCUT2D eigenvalue weighted by atomic mass is 35.5. The summed E-state index contributed by atoms with van der Waals surface area (Å²) in [4.78, 5) is 7.94. The van der Waals surface area contributed by atoms with Gasteiger partial charge in [0.25, 0.3) is 0 Å². The van der Waals surface area contributed by atoms with E-state index in [-0.39, 0.29) is 0 Å². The number of rotatable bonds is 2. The number of nitrogens with zero attached hydrogens (tertiary/aromatic N) is 2. The lowest BCUT2D eigenvalue weighted by Gasteiger charge is -2.08. The molecule has 2 nitrogen and oxygen atoms in total. The van der Waals surface area contributed by atoms with E-state index in [4.69, 9.17) is 11.6 Å². The van der Waals surface area contributed by atoms with Gasteiger partial charge in [-0.05, 0) is 48.5 Å². The summed E-state index contributed by atoms with van der Waals surface area (Å²) in [5.74, 6) is 0. The molecule has 2 rings (SSSR count). The molecule has 0 saturated carbocycles. The molecule has 0 amide bonds. The van der Waals surface area contributed by atoms with E-state index in [1.807, 2.05) is 31.2 Å². The predicted octanol–water partition coefficient (Wildman–Crippen LogP) is 4.44. The second kappa shape index (κ2) is 5.19. The number of aliphatic imine (C=N–C) groups is 1. The Kier molecular flexibility index (Phi) is 3.64. The lowest BCUT2D eigenvalue weighted by molar-refractivity contribution is 1.32. The van der Waals surface area contributed by atoms with Crippen molar-refractivity contribution >= 4 is 34.7 Å². The number of aromatic nitrogens is 1. The standard InChI is InChI=1S/C13H9ClN2S/c1-9-2-3-10(16-8-17)6-12(9)11-4-5-15-7-13(11)14/h2-7H,1H3. The summed E-state index contributed by atoms with van der Waals surface area (Å²) in [6.07, 6.45) is 3.35. The van der Waals surface area contributed by atoms with Gasteiger partial charge in [-0.2, -0.15) is 4.99 Å². The summed E-state index contributed by atoms with van der Waals surface area (Å²) < 4.78 is 0. The minimum atomic E-state index is 0.624. The largest absolute Gasteiger partial charge is 0.263 e. The average molecular weight is 261 g/mol. The second-order valence-corrected chi connectivity index (χ2v) is 4.15. The number of hydrogen-bond donors (Lipinski definition) is 0. The average Bonchev–Trinajstić information content (AvgIpc) is 2.33. The van der Waals surface area contributed by atoms with Gasteiger partial charge in [0.2, 0.25) is 0 Å². The van der Waals surface area contributed by atoms with Crippen LogP contribution >= 0.6 is 23.8 Å². The van der Waals surface area contributed by atoms with Gasteiger partial charge in [-0.3, -0.25) is 4.98 Å². The van der Waals surface area contributed by atoms with Crippen LogP contribution in [0.25, 0.3) is 11.1 Å². The van der Waals surface area contributed by atoms with Crippen molar-refractivity contribution in [2.45, 2.75) is 6.92 Å². The number of halogens is 1. The zero-order valence-electron chi connectivity index (χ0n) is 9.14. The predicted molar refractivity (Wildman–Crippen MR) is 74.1 cm³/mol. The summed E-state index contributed by atoms with van der Waals surface area (Å²) in [7, 11) is 0. The first-order chi connectivity index (χ1) is 8.22. The molecule has 0 atom stereocenters. The van der Waals surface area contributed by atoms with Crippen LogP contribution in [0, 0.1) is 6.92 Å². The highest BCUT2D eigenvalue weighted by molar-refractivity contribution is 7.78. The van der Waals surface area contributed by atoms with E-state index in [9.17, 15) is 0 Å². The number of aryl methyl sites for hydroxylation is 1. The molecule has 0 saturated heterocycles. The van der Waals surface area contributed by atoms with Crippen LogP contribution < -0.4 is 0 Å². The Hall–Kier alpha value is -1.54. The lowest BCUT2D eigenvalue weighted by Crippen LogP contribution is -1.85. The third kappa shape index (κ3) is 2.59. The molecule has 1 aromatic heterocycles. The molecule has 0 aliphatic rings. The molecule has 0 bridgehead atoms. The van der Waals surface area contributed by atoms with Crippen LogP contribution in [0.2, 0.25) is 5.02 Å². The van der Waals surface area contributed by atoms with Crippen molar-refractivity contribution in [2.24, 2.45) is 4.99 Å². The van der Waals surface area contributed by atoms with E-state index in [1.54, 1.807) is 12.4 Å². The molecule has 2 aromatic rings. The molecule has 1 heterocycles. The van der Waals surface area contributed by atoms with Gasteiger partial charge < -0.3 is 0 Å². The lowest BCUT2D eigenvalue weighted by atomic mass is 10.0. The third-order valence-corrected chi connectivity index (χ3v) is 2.85. The first kappa shape index (κ1) is 11.9. The Bertz CT molecular complexity index is 604. The Labute approximate surface area is 110 Å². The van der Waals surface area contributed by atoms with Crippen LogP contribution in [0.4, 0.5) is 5.69 Å². The van der Waals surface area contributed by atoms with Crippen molar-refractivity contribution in [2.75, 3.05) is 0 Å². The highest BCUT2D eigenvalue weighted by Crippen LogP contribution is 2.32. The molecule has 84 valence electrons. The maximum atomic E-state index is 6.13. The van der Waals surface area contributed by atoms with Crippen molar-refractivity contribution in [1.29, 1.82) is 0 Å². The zero-order valence-corrected chi connectivity index (χ0v) is 10.7. The summed E-state index contributed by atoms with van der Waals surface area (Å²) in [6, 6.07) is 7.70. The molecule has 0 unspecified atom stereocenters. The molecular weight excluding hydrogens is 252 g/mol. The summed E-state index contributed by atoms with van der Waals surface area (Å²) in [5, 5.41) is 2.98. The summed E-state index contributed by atoms with van der Waals surface area (Å²) >= 11 is 10.7. The zero-order chi connectivity index (χ0) is 12.3. The third-order valence-electron chi connectivity index (χ3n) is 2.46. The first-order valence-corrected chi connectivity index (χ1v) is 5.79. The van der Waals surface area contributed by atoms with Crippen molar-refractivity contribution in [3.05, 3.63) is 47.2 Å². The molecule has 0 fully saturated rings. The fraction of sp³-hybridized carbons (Fsp3) is 0.0769. The first-order valence-electron chi connectivity index (χ1n) is 5.01. The monoisotopic (exact) mass is 260 g/mol. The molecule has 0 radical (unpaired) electrons. The molecule has 0 spiro atoms. The van der Waals surface area contributed by atoms with Gasteiger partial charge in [0.15, 0.2) is 0 Å². The molecule has 1 aromatic carbocycles. The fourth-order valence-electron chi connectivity index (χ4n) is 1.62. The minimum Gasteiger partial charge on any atom is -0.263 e. The van der Waals surface area contributed by atoms with Gasteiger partial charge in [-0.15, -0.1) is 0 Å². The van der Waals surface area contributed by atoms with Crippen LogP contribution in [-0.2, 0) is 0 Å². The van der Waals surface area contributed by atoms with E-state index in [0.717, 1.165) is 22.4 Å². The molecule has 17 heavy (non-hydrogen) atoms. The number of pyridine rings is 1. The number of benzene rings is 1. The highest BCUT2D eigenvalue weighted by Gasteiger charge is 2.06. The fourth-order valence-corrected chi connectivity index (χ4v) is 1.94. The number of hydrogen-bond acceptors (Lipinski definition) is 3. The van der Waals surface area contributed by atoms with Crippen LogP contribution in [0.1, 0.15) is 5.56 Å². The Balaban J connectivity index is 2.62. The topological polar surface area (TPSA) is 25.2 Å². The quantitative estimate of drug-likeness (QED) is 0.589. The molecule has 4 heteroatoms. The van der Waals surface area contributed by atoms with E-state index >= 15 is 0 Å². The number of isothiocyanates is 1. The maximum absolute atomic E-state index is 6.13. The van der Waals surface area contributed by atoms with E-state index in [2.05, 4.69) is 27.4 Å². The molecule has 0 aliphatic carbocycles. The van der Waals surface area contributed by atoms with E-state index < -0.39 is 0 Å². The molecule has 0 N–H and O–H groups in total. The van der Waals surface area contributed by atoms with Crippen molar-refractivity contribution < 1.29 is 0 Å². The Morgan fingerprint density at radius 1 is 1.29 bits per heavy atom. The molecule has 0 aliphatic heterocycles. The van der Waals surface area contributed by atoms with Crippen molar-refractivity contribution in [1.82, 2.24) is 4.98 Å². The van der Waals surface area contributed by atoms with Gasteiger partial charge in [-0.25, -0.2) is 0 Å². The van der Waals surface area contributed by atoms with Crippen molar-refractivity contribution in [3.63, 3.8) is 0 Å². The van der Waals surface area contributed by atoms with Crippen molar-refractivity contribution in [3.8, 4) is 11.1 Å². The minimum absolute atomic E-state index is 0.624. The van der Waals surface area contributed by atoms with Crippen LogP contribution in [0.5, 0.6) is 0 Å². The Morgan fingerprint density at radius 3 is 2.82 bits per heavy atom. The van der Waals surface area contributed by atoms with Gasteiger partial charge in [-0.1, -0.05) is 17.7 Å². The summed E-state index contributed by atoms with van der Waals surface area (Å²) in [6.45, 7) is 2.02. The van der Waals surface area contributed by atoms with E-state index in [1.165, 1.54) is 0 Å². The van der Waals surface area contributed by atoms with Gasteiger partial charge in [0.1, 0.15) is 0 Å². The van der Waals surface area contributed by atoms with Crippen LogP contribution in [0.15, 0.2) is 41.7 Å². The summed E-state index contributed by atoms with van der Waals surface area (Å²) in [5.41, 5.74) is 3.87. The van der Waals surface area contributed by atoms with Gasteiger partial charge in [0.05, 0.1) is 15.9 Å². The van der Waals surface area contributed by atoms with Crippen LogP contribution in [0.3, 0.4) is 0 Å². The second-order valence-electron chi connectivity index (χ2n) is 3.56. The Morgan fingerprint density at radius 2 is 2.12 bits per heavy atom. The van der Waals surface area contributed by atoms with Gasteiger partial charge in [0, 0.05) is 18.0 Å². The molecular formula is C13H9ClN2S. The SMILES string of the molecule is Cc1ccc(N=C=S)cc1-c1ccncc1Cl. The van der Waals surface area contributed by atoms with Crippen LogP contribution in [-0.4, -0.2) is 10.1 Å². The smallest absolute Gasteiger partial charge is 0.0745 e. The number of thiocarbonyl (C=S) groups is 1. The normalized spacial score (nSPS) is 9.76.